The molecule has 3 rings (SSSR count). The molecule has 0 aliphatic carbocycles. The van der Waals surface area contributed by atoms with Gasteiger partial charge in [-0.2, -0.15) is 4.99 Å². The Labute approximate surface area is 146 Å². The molecule has 0 fully saturated rings. The van der Waals surface area contributed by atoms with E-state index in [1.165, 1.54) is 0 Å². The van der Waals surface area contributed by atoms with E-state index in [1.807, 2.05) is 84.9 Å². The standard InChI is InChI=1S/C21H19N3O/c22-21(23)24-20(25)19(14-13-15-7-2-1-3-8-15)18-12-6-10-16-9-4-5-11-17(16)18/h1-14,19H,(H4,22,23,24,25)/b14-13+. The number of carbonyl (C=O) groups excluding carboxylic acids is 1. The first-order valence-corrected chi connectivity index (χ1v) is 7.99. The van der Waals surface area contributed by atoms with Gasteiger partial charge < -0.3 is 11.5 Å². The molecule has 4 heteroatoms. The summed E-state index contributed by atoms with van der Waals surface area (Å²) in [5.41, 5.74) is 12.7. The predicted molar refractivity (Wildman–Crippen MR) is 103 cm³/mol. The molecule has 0 heterocycles. The molecule has 1 amide bonds. The van der Waals surface area contributed by atoms with E-state index in [0.717, 1.165) is 21.9 Å². The fourth-order valence-corrected chi connectivity index (χ4v) is 2.81. The Morgan fingerprint density at radius 1 is 0.880 bits per heavy atom. The fourth-order valence-electron chi connectivity index (χ4n) is 2.81. The van der Waals surface area contributed by atoms with Crippen molar-refractivity contribution in [1.82, 2.24) is 0 Å². The highest BCUT2D eigenvalue weighted by molar-refractivity contribution is 5.99. The van der Waals surface area contributed by atoms with E-state index < -0.39 is 5.92 Å². The molecule has 0 saturated heterocycles. The van der Waals surface area contributed by atoms with Crippen LogP contribution in [0.2, 0.25) is 0 Å². The topological polar surface area (TPSA) is 81.5 Å². The van der Waals surface area contributed by atoms with Crippen molar-refractivity contribution in [3.05, 3.63) is 90.0 Å². The van der Waals surface area contributed by atoms with Crippen LogP contribution in [0.3, 0.4) is 0 Å². The smallest absolute Gasteiger partial charge is 0.260 e. The van der Waals surface area contributed by atoms with Crippen LogP contribution in [0.5, 0.6) is 0 Å². The maximum atomic E-state index is 12.6. The van der Waals surface area contributed by atoms with Crippen molar-refractivity contribution in [2.45, 2.75) is 5.92 Å². The molecule has 0 saturated carbocycles. The average Bonchev–Trinajstić information content (AvgIpc) is 2.62. The molecule has 0 aromatic heterocycles. The Kier molecular flexibility index (Phi) is 4.90. The van der Waals surface area contributed by atoms with Gasteiger partial charge in [-0.3, -0.25) is 4.79 Å². The van der Waals surface area contributed by atoms with E-state index in [0.29, 0.717) is 0 Å². The largest absolute Gasteiger partial charge is 0.370 e. The van der Waals surface area contributed by atoms with Crippen LogP contribution in [-0.2, 0) is 4.79 Å². The van der Waals surface area contributed by atoms with Gasteiger partial charge in [0.2, 0.25) is 0 Å². The third-order valence-electron chi connectivity index (χ3n) is 3.94. The van der Waals surface area contributed by atoms with Crippen molar-refractivity contribution in [2.24, 2.45) is 16.5 Å². The number of benzene rings is 3. The van der Waals surface area contributed by atoms with Gasteiger partial charge in [0.15, 0.2) is 5.96 Å². The first-order chi connectivity index (χ1) is 12.1. The van der Waals surface area contributed by atoms with Crippen LogP contribution in [0.1, 0.15) is 17.0 Å². The molecule has 0 spiro atoms. The highest BCUT2D eigenvalue weighted by Gasteiger charge is 2.19. The van der Waals surface area contributed by atoms with Crippen molar-refractivity contribution < 1.29 is 4.79 Å². The molecule has 0 aliphatic heterocycles. The first-order valence-electron chi connectivity index (χ1n) is 7.99. The maximum Gasteiger partial charge on any atom is 0.260 e. The summed E-state index contributed by atoms with van der Waals surface area (Å²) in [6.07, 6.45) is 3.75. The van der Waals surface area contributed by atoms with Gasteiger partial charge >= 0.3 is 0 Å². The maximum absolute atomic E-state index is 12.6. The Morgan fingerprint density at radius 3 is 2.32 bits per heavy atom. The highest BCUT2D eigenvalue weighted by atomic mass is 16.1. The Bertz CT molecular complexity index is 936. The molecule has 4 N–H and O–H groups in total. The van der Waals surface area contributed by atoms with E-state index in [2.05, 4.69) is 4.99 Å². The molecule has 124 valence electrons. The second-order valence-corrected chi connectivity index (χ2v) is 5.69. The molecule has 3 aromatic rings. The molecule has 25 heavy (non-hydrogen) atoms. The molecule has 4 nitrogen and oxygen atoms in total. The number of hydrogen-bond donors (Lipinski definition) is 2. The summed E-state index contributed by atoms with van der Waals surface area (Å²) < 4.78 is 0. The van der Waals surface area contributed by atoms with Crippen molar-refractivity contribution >= 4 is 28.7 Å². The first kappa shape index (κ1) is 16.5. The van der Waals surface area contributed by atoms with Crippen LogP contribution in [0.15, 0.2) is 83.9 Å². The molecule has 1 atom stereocenters. The van der Waals surface area contributed by atoms with E-state index in [4.69, 9.17) is 11.5 Å². The van der Waals surface area contributed by atoms with Gasteiger partial charge in [-0.25, -0.2) is 0 Å². The number of amides is 1. The minimum Gasteiger partial charge on any atom is -0.370 e. The number of rotatable bonds is 4. The zero-order valence-electron chi connectivity index (χ0n) is 13.7. The van der Waals surface area contributed by atoms with Gasteiger partial charge in [-0.05, 0) is 21.9 Å². The quantitative estimate of drug-likeness (QED) is 0.568. The highest BCUT2D eigenvalue weighted by Crippen LogP contribution is 2.28. The van der Waals surface area contributed by atoms with Crippen molar-refractivity contribution in [2.75, 3.05) is 0 Å². The minimum atomic E-state index is -0.562. The van der Waals surface area contributed by atoms with Gasteiger partial charge in [0.05, 0.1) is 5.92 Å². The second kappa shape index (κ2) is 7.45. The third-order valence-corrected chi connectivity index (χ3v) is 3.94. The SMILES string of the molecule is NC(N)=NC(=O)C(/C=C/c1ccccc1)c1cccc2ccccc12. The lowest BCUT2D eigenvalue weighted by molar-refractivity contribution is -0.118. The number of carbonyl (C=O) groups is 1. The van der Waals surface area contributed by atoms with Gasteiger partial charge in [0.1, 0.15) is 0 Å². The molecule has 0 radical (unpaired) electrons. The van der Waals surface area contributed by atoms with Gasteiger partial charge in [0.25, 0.3) is 5.91 Å². The van der Waals surface area contributed by atoms with Gasteiger partial charge in [0, 0.05) is 0 Å². The Morgan fingerprint density at radius 2 is 1.56 bits per heavy atom. The second-order valence-electron chi connectivity index (χ2n) is 5.69. The van der Waals surface area contributed by atoms with E-state index in [9.17, 15) is 4.79 Å². The monoisotopic (exact) mass is 329 g/mol. The fraction of sp³-hybridized carbons (Fsp3) is 0.0476. The number of aliphatic imine (C=N–C) groups is 1. The summed E-state index contributed by atoms with van der Waals surface area (Å²) in [6.45, 7) is 0. The zero-order valence-corrected chi connectivity index (χ0v) is 13.7. The molecule has 0 aliphatic rings. The Hall–Kier alpha value is -3.40. The molecular weight excluding hydrogens is 310 g/mol. The minimum absolute atomic E-state index is 0.233. The molecule has 0 bridgehead atoms. The summed E-state index contributed by atoms with van der Waals surface area (Å²) in [5.74, 6) is -1.18. The summed E-state index contributed by atoms with van der Waals surface area (Å²) in [6, 6.07) is 23.6. The number of guanidine groups is 1. The van der Waals surface area contributed by atoms with E-state index >= 15 is 0 Å². The number of nitrogens with two attached hydrogens (primary N) is 2. The lowest BCUT2D eigenvalue weighted by Gasteiger charge is -2.13. The van der Waals surface area contributed by atoms with E-state index in [1.54, 1.807) is 0 Å². The molecule has 3 aromatic carbocycles. The number of hydrogen-bond acceptors (Lipinski definition) is 1. The zero-order chi connectivity index (χ0) is 17.6. The van der Waals surface area contributed by atoms with Crippen molar-refractivity contribution in [3.63, 3.8) is 0 Å². The van der Waals surface area contributed by atoms with Crippen molar-refractivity contribution in [1.29, 1.82) is 0 Å². The predicted octanol–water partition coefficient (Wildman–Crippen LogP) is 3.44. The van der Waals surface area contributed by atoms with Crippen LogP contribution in [0.4, 0.5) is 0 Å². The molecule has 1 unspecified atom stereocenters. The van der Waals surface area contributed by atoms with Crippen LogP contribution in [0.25, 0.3) is 16.8 Å². The summed E-state index contributed by atoms with van der Waals surface area (Å²) in [7, 11) is 0. The number of nitrogens with zero attached hydrogens (tertiary/aromatic N) is 1. The lowest BCUT2D eigenvalue weighted by Crippen LogP contribution is -2.25. The van der Waals surface area contributed by atoms with Crippen LogP contribution < -0.4 is 11.5 Å². The van der Waals surface area contributed by atoms with Gasteiger partial charge in [-0.15, -0.1) is 0 Å². The van der Waals surface area contributed by atoms with Crippen LogP contribution in [0, 0.1) is 0 Å². The summed E-state index contributed by atoms with van der Waals surface area (Å²) >= 11 is 0. The Balaban J connectivity index is 2.08. The summed E-state index contributed by atoms with van der Waals surface area (Å²) in [4.78, 5) is 16.4. The average molecular weight is 329 g/mol. The lowest BCUT2D eigenvalue weighted by atomic mass is 9.92. The van der Waals surface area contributed by atoms with Crippen LogP contribution >= 0.6 is 0 Å². The van der Waals surface area contributed by atoms with Crippen LogP contribution in [-0.4, -0.2) is 11.9 Å². The normalized spacial score (nSPS) is 12.2. The van der Waals surface area contributed by atoms with Crippen molar-refractivity contribution in [3.8, 4) is 0 Å². The van der Waals surface area contributed by atoms with E-state index in [-0.39, 0.29) is 11.9 Å². The number of fused-ring (bicyclic) bond motifs is 1. The summed E-state index contributed by atoms with van der Waals surface area (Å²) in [5, 5.41) is 2.07. The molecular formula is C21H19N3O. The third kappa shape index (κ3) is 3.93. The van der Waals surface area contributed by atoms with Gasteiger partial charge in [-0.1, -0.05) is 84.9 Å².